The number of nitrogen functional groups attached to an aromatic ring is 1. The molecule has 0 fully saturated rings. The SMILES string of the molecule is CCCc1nn(C)c(N)c1-c1ccccc1Cl. The fourth-order valence-electron chi connectivity index (χ4n) is 1.96. The minimum Gasteiger partial charge on any atom is -0.383 e. The molecule has 0 aliphatic heterocycles. The van der Waals surface area contributed by atoms with Crippen molar-refractivity contribution in [3.63, 3.8) is 0 Å². The van der Waals surface area contributed by atoms with Gasteiger partial charge < -0.3 is 5.73 Å². The molecule has 0 bridgehead atoms. The van der Waals surface area contributed by atoms with Crippen LogP contribution in [0, 0.1) is 0 Å². The lowest BCUT2D eigenvalue weighted by Crippen LogP contribution is -1.98. The molecular formula is C13H16ClN3. The molecule has 0 spiro atoms. The van der Waals surface area contributed by atoms with Crippen molar-refractivity contribution in [1.82, 2.24) is 9.78 Å². The lowest BCUT2D eigenvalue weighted by molar-refractivity contribution is 0.741. The summed E-state index contributed by atoms with van der Waals surface area (Å²) < 4.78 is 1.71. The average Bonchev–Trinajstić information content (AvgIpc) is 2.57. The zero-order chi connectivity index (χ0) is 12.4. The number of rotatable bonds is 3. The summed E-state index contributed by atoms with van der Waals surface area (Å²) in [7, 11) is 1.86. The Balaban J connectivity index is 2.61. The standard InChI is InChI=1S/C13H16ClN3/c1-3-6-11-12(13(15)17(2)16-11)9-7-4-5-8-10(9)14/h4-5,7-8H,3,6,15H2,1-2H3. The number of aromatic nitrogens is 2. The lowest BCUT2D eigenvalue weighted by Gasteiger charge is -2.05. The quantitative estimate of drug-likeness (QED) is 0.907. The molecule has 17 heavy (non-hydrogen) atoms. The van der Waals surface area contributed by atoms with Crippen LogP contribution in [0.1, 0.15) is 19.0 Å². The van der Waals surface area contributed by atoms with Crippen LogP contribution in [0.2, 0.25) is 5.02 Å². The molecule has 2 aromatic rings. The second-order valence-electron chi connectivity index (χ2n) is 4.06. The third-order valence-electron chi connectivity index (χ3n) is 2.79. The first-order chi connectivity index (χ1) is 8.15. The van der Waals surface area contributed by atoms with Gasteiger partial charge in [-0.2, -0.15) is 5.10 Å². The van der Waals surface area contributed by atoms with Crippen molar-refractivity contribution >= 4 is 17.4 Å². The Morgan fingerprint density at radius 3 is 2.71 bits per heavy atom. The lowest BCUT2D eigenvalue weighted by atomic mass is 10.0. The molecule has 0 saturated heterocycles. The van der Waals surface area contributed by atoms with Crippen molar-refractivity contribution < 1.29 is 0 Å². The van der Waals surface area contributed by atoms with E-state index < -0.39 is 0 Å². The monoisotopic (exact) mass is 249 g/mol. The fraction of sp³-hybridized carbons (Fsp3) is 0.308. The zero-order valence-corrected chi connectivity index (χ0v) is 10.8. The molecule has 2 rings (SSSR count). The van der Waals surface area contributed by atoms with Gasteiger partial charge in [-0.15, -0.1) is 0 Å². The Kier molecular flexibility index (Phi) is 3.38. The summed E-state index contributed by atoms with van der Waals surface area (Å²) in [4.78, 5) is 0. The van der Waals surface area contributed by atoms with Crippen LogP contribution in [0.4, 0.5) is 5.82 Å². The highest BCUT2D eigenvalue weighted by Gasteiger charge is 2.16. The van der Waals surface area contributed by atoms with Gasteiger partial charge in [-0.3, -0.25) is 4.68 Å². The minimum absolute atomic E-state index is 0.668. The fourth-order valence-corrected chi connectivity index (χ4v) is 2.19. The summed E-state index contributed by atoms with van der Waals surface area (Å²) in [6.45, 7) is 2.13. The van der Waals surface area contributed by atoms with E-state index in [1.807, 2.05) is 31.3 Å². The molecule has 1 aromatic heterocycles. The minimum atomic E-state index is 0.668. The molecule has 4 heteroatoms. The number of nitrogens with zero attached hydrogens (tertiary/aromatic N) is 2. The maximum atomic E-state index is 6.22. The van der Waals surface area contributed by atoms with Crippen LogP contribution in [0.5, 0.6) is 0 Å². The number of benzene rings is 1. The molecule has 0 amide bonds. The van der Waals surface area contributed by atoms with E-state index >= 15 is 0 Å². The van der Waals surface area contributed by atoms with Gasteiger partial charge in [-0.1, -0.05) is 43.1 Å². The second-order valence-corrected chi connectivity index (χ2v) is 4.47. The first-order valence-corrected chi connectivity index (χ1v) is 6.09. The number of hydrogen-bond acceptors (Lipinski definition) is 2. The van der Waals surface area contributed by atoms with Crippen LogP contribution in [0.15, 0.2) is 24.3 Å². The summed E-state index contributed by atoms with van der Waals surface area (Å²) in [5.41, 5.74) is 9.02. The molecule has 0 saturated carbocycles. The molecule has 0 atom stereocenters. The summed E-state index contributed by atoms with van der Waals surface area (Å²) in [6.07, 6.45) is 1.94. The topological polar surface area (TPSA) is 43.8 Å². The van der Waals surface area contributed by atoms with E-state index in [1.54, 1.807) is 4.68 Å². The van der Waals surface area contributed by atoms with Gasteiger partial charge in [-0.25, -0.2) is 0 Å². The molecule has 2 N–H and O–H groups in total. The Morgan fingerprint density at radius 2 is 2.06 bits per heavy atom. The van der Waals surface area contributed by atoms with Crippen LogP contribution in [0.25, 0.3) is 11.1 Å². The van der Waals surface area contributed by atoms with Crippen LogP contribution in [-0.2, 0) is 13.5 Å². The molecule has 0 aliphatic rings. The van der Waals surface area contributed by atoms with Gasteiger partial charge in [-0.05, 0) is 12.5 Å². The van der Waals surface area contributed by atoms with Crippen molar-refractivity contribution in [2.24, 2.45) is 7.05 Å². The Bertz CT molecular complexity index is 531. The normalized spacial score (nSPS) is 10.8. The number of nitrogens with two attached hydrogens (primary N) is 1. The molecule has 1 heterocycles. The number of halogens is 1. The van der Waals surface area contributed by atoms with Crippen molar-refractivity contribution in [3.05, 3.63) is 35.0 Å². The Morgan fingerprint density at radius 1 is 1.35 bits per heavy atom. The third kappa shape index (κ3) is 2.15. The highest BCUT2D eigenvalue weighted by Crippen LogP contribution is 2.34. The predicted molar refractivity (Wildman–Crippen MR) is 72.1 cm³/mol. The Labute approximate surface area is 106 Å². The van der Waals surface area contributed by atoms with E-state index in [9.17, 15) is 0 Å². The van der Waals surface area contributed by atoms with E-state index in [2.05, 4.69) is 12.0 Å². The molecule has 3 nitrogen and oxygen atoms in total. The third-order valence-corrected chi connectivity index (χ3v) is 3.12. The maximum absolute atomic E-state index is 6.22. The predicted octanol–water partition coefficient (Wildman–Crippen LogP) is 3.28. The number of aryl methyl sites for hydroxylation is 2. The summed E-state index contributed by atoms with van der Waals surface area (Å²) >= 11 is 6.22. The summed E-state index contributed by atoms with van der Waals surface area (Å²) in [5.74, 6) is 0.668. The molecule has 0 radical (unpaired) electrons. The molecule has 0 aliphatic carbocycles. The highest BCUT2D eigenvalue weighted by molar-refractivity contribution is 6.33. The maximum Gasteiger partial charge on any atom is 0.129 e. The first-order valence-electron chi connectivity index (χ1n) is 5.71. The van der Waals surface area contributed by atoms with Crippen LogP contribution in [0.3, 0.4) is 0 Å². The van der Waals surface area contributed by atoms with Gasteiger partial charge in [0.2, 0.25) is 0 Å². The highest BCUT2D eigenvalue weighted by atomic mass is 35.5. The van der Waals surface area contributed by atoms with E-state index in [1.165, 1.54) is 0 Å². The van der Waals surface area contributed by atoms with E-state index in [-0.39, 0.29) is 0 Å². The van der Waals surface area contributed by atoms with Gasteiger partial charge in [0, 0.05) is 23.2 Å². The zero-order valence-electron chi connectivity index (χ0n) is 10.1. The smallest absolute Gasteiger partial charge is 0.129 e. The average molecular weight is 250 g/mol. The van der Waals surface area contributed by atoms with Gasteiger partial charge in [0.25, 0.3) is 0 Å². The van der Waals surface area contributed by atoms with Crippen molar-refractivity contribution in [2.45, 2.75) is 19.8 Å². The number of hydrogen-bond donors (Lipinski definition) is 1. The van der Waals surface area contributed by atoms with E-state index in [0.717, 1.165) is 29.7 Å². The van der Waals surface area contributed by atoms with Crippen LogP contribution in [-0.4, -0.2) is 9.78 Å². The molecule has 0 unspecified atom stereocenters. The largest absolute Gasteiger partial charge is 0.383 e. The van der Waals surface area contributed by atoms with Gasteiger partial charge in [0.15, 0.2) is 0 Å². The summed E-state index contributed by atoms with van der Waals surface area (Å²) in [5, 5.41) is 5.16. The van der Waals surface area contributed by atoms with Crippen LogP contribution >= 0.6 is 11.6 Å². The molecule has 1 aromatic carbocycles. The summed E-state index contributed by atoms with van der Waals surface area (Å²) in [6, 6.07) is 7.73. The van der Waals surface area contributed by atoms with Crippen molar-refractivity contribution in [2.75, 3.05) is 5.73 Å². The van der Waals surface area contributed by atoms with Gasteiger partial charge in [0.1, 0.15) is 5.82 Å². The molecular weight excluding hydrogens is 234 g/mol. The van der Waals surface area contributed by atoms with Crippen molar-refractivity contribution in [1.29, 1.82) is 0 Å². The van der Waals surface area contributed by atoms with Crippen LogP contribution < -0.4 is 5.73 Å². The van der Waals surface area contributed by atoms with E-state index in [4.69, 9.17) is 17.3 Å². The Hall–Kier alpha value is -1.48. The van der Waals surface area contributed by atoms with E-state index in [0.29, 0.717) is 10.8 Å². The second kappa shape index (κ2) is 4.80. The first kappa shape index (κ1) is 12.0. The van der Waals surface area contributed by atoms with Crippen molar-refractivity contribution in [3.8, 4) is 11.1 Å². The number of anilines is 1. The molecule has 90 valence electrons. The van der Waals surface area contributed by atoms with Gasteiger partial charge >= 0.3 is 0 Å². The van der Waals surface area contributed by atoms with Gasteiger partial charge in [0.05, 0.1) is 5.69 Å².